The average molecular weight is 215 g/mol. The lowest BCUT2D eigenvalue weighted by Gasteiger charge is -2.15. The summed E-state index contributed by atoms with van der Waals surface area (Å²) in [5.74, 6) is -1.38. The van der Waals surface area contributed by atoms with Gasteiger partial charge in [0.2, 0.25) is 0 Å². The van der Waals surface area contributed by atoms with E-state index in [-0.39, 0.29) is 5.75 Å². The van der Waals surface area contributed by atoms with E-state index < -0.39 is 17.7 Å². The smallest absolute Gasteiger partial charge is 0.194 e. The van der Waals surface area contributed by atoms with Crippen molar-refractivity contribution in [3.05, 3.63) is 23.5 Å². The Balaban J connectivity index is 3.12. The predicted octanol–water partition coefficient (Wildman–Crippen LogP) is 0.793. The Bertz CT molecular complexity index is 344. The number of ether oxygens (including phenoxy) is 1. The Morgan fingerprint density at radius 1 is 1.53 bits per heavy atom. The van der Waals surface area contributed by atoms with Gasteiger partial charge in [-0.3, -0.25) is 0 Å². The van der Waals surface area contributed by atoms with Crippen LogP contribution in [0.5, 0.6) is 11.5 Å². The number of aliphatic hydroxyl groups is 1. The third-order valence-electron chi connectivity index (χ3n) is 2.07. The lowest BCUT2D eigenvalue weighted by atomic mass is 10.1. The second-order valence-electron chi connectivity index (χ2n) is 3.09. The molecule has 0 amide bonds. The number of hydrogen-bond donors (Lipinski definition) is 3. The number of benzene rings is 1. The van der Waals surface area contributed by atoms with Crippen molar-refractivity contribution in [1.82, 2.24) is 5.32 Å². The van der Waals surface area contributed by atoms with Gasteiger partial charge in [0, 0.05) is 12.1 Å². The van der Waals surface area contributed by atoms with Gasteiger partial charge in [-0.05, 0) is 19.2 Å². The number of aromatic hydroxyl groups is 1. The summed E-state index contributed by atoms with van der Waals surface area (Å²) in [6, 6.07) is 2.47. The van der Waals surface area contributed by atoms with E-state index in [0.29, 0.717) is 12.1 Å². The van der Waals surface area contributed by atoms with Crippen LogP contribution in [0.1, 0.15) is 11.7 Å². The number of halogens is 1. The van der Waals surface area contributed by atoms with E-state index in [9.17, 15) is 14.6 Å². The van der Waals surface area contributed by atoms with Crippen LogP contribution < -0.4 is 10.1 Å². The third-order valence-corrected chi connectivity index (χ3v) is 2.07. The van der Waals surface area contributed by atoms with Gasteiger partial charge >= 0.3 is 0 Å². The first-order chi connectivity index (χ1) is 7.11. The summed E-state index contributed by atoms with van der Waals surface area (Å²) in [4.78, 5) is 0. The molecule has 1 aromatic rings. The summed E-state index contributed by atoms with van der Waals surface area (Å²) in [5.41, 5.74) is 0.353. The van der Waals surface area contributed by atoms with Crippen LogP contribution in [0, 0.1) is 5.82 Å². The molecule has 84 valence electrons. The molecule has 5 heteroatoms. The first-order valence-corrected chi connectivity index (χ1v) is 4.49. The van der Waals surface area contributed by atoms with Crippen molar-refractivity contribution in [3.8, 4) is 11.5 Å². The van der Waals surface area contributed by atoms with Crippen LogP contribution in [0.3, 0.4) is 0 Å². The molecule has 15 heavy (non-hydrogen) atoms. The summed E-state index contributed by atoms with van der Waals surface area (Å²) in [6.07, 6.45) is -0.851. The van der Waals surface area contributed by atoms with Crippen LogP contribution in [0.4, 0.5) is 4.39 Å². The van der Waals surface area contributed by atoms with Crippen molar-refractivity contribution in [2.24, 2.45) is 0 Å². The van der Waals surface area contributed by atoms with Gasteiger partial charge in [-0.25, -0.2) is 4.39 Å². The van der Waals surface area contributed by atoms with Crippen LogP contribution in [0.25, 0.3) is 0 Å². The van der Waals surface area contributed by atoms with E-state index in [1.54, 1.807) is 7.05 Å². The molecule has 0 aliphatic heterocycles. The Kier molecular flexibility index (Phi) is 3.88. The zero-order chi connectivity index (χ0) is 11.4. The van der Waals surface area contributed by atoms with Gasteiger partial charge in [-0.1, -0.05) is 0 Å². The number of rotatable bonds is 4. The molecule has 1 unspecified atom stereocenters. The van der Waals surface area contributed by atoms with Crippen molar-refractivity contribution in [2.45, 2.75) is 6.10 Å². The van der Waals surface area contributed by atoms with E-state index in [2.05, 4.69) is 5.32 Å². The fraction of sp³-hybridized carbons (Fsp3) is 0.400. The zero-order valence-electron chi connectivity index (χ0n) is 8.62. The Morgan fingerprint density at radius 3 is 2.73 bits per heavy atom. The van der Waals surface area contributed by atoms with Crippen molar-refractivity contribution >= 4 is 0 Å². The van der Waals surface area contributed by atoms with E-state index in [1.165, 1.54) is 13.2 Å². The van der Waals surface area contributed by atoms with Crippen molar-refractivity contribution in [1.29, 1.82) is 0 Å². The van der Waals surface area contributed by atoms with Gasteiger partial charge in [0.25, 0.3) is 0 Å². The summed E-state index contributed by atoms with van der Waals surface area (Å²) < 4.78 is 17.8. The minimum absolute atomic E-state index is 0.0299. The van der Waals surface area contributed by atoms with E-state index >= 15 is 0 Å². The molecule has 0 heterocycles. The highest BCUT2D eigenvalue weighted by Gasteiger charge is 2.18. The lowest BCUT2D eigenvalue weighted by Crippen LogP contribution is -2.17. The highest BCUT2D eigenvalue weighted by atomic mass is 19.1. The Morgan fingerprint density at radius 2 is 2.20 bits per heavy atom. The molecule has 0 saturated carbocycles. The van der Waals surface area contributed by atoms with Gasteiger partial charge in [-0.15, -0.1) is 0 Å². The maximum Gasteiger partial charge on any atom is 0.194 e. The van der Waals surface area contributed by atoms with E-state index in [1.807, 2.05) is 0 Å². The van der Waals surface area contributed by atoms with Crippen LogP contribution in [0.15, 0.2) is 12.1 Å². The topological polar surface area (TPSA) is 61.7 Å². The summed E-state index contributed by atoms with van der Waals surface area (Å²) in [6.45, 7) is 0.293. The van der Waals surface area contributed by atoms with Crippen molar-refractivity contribution < 1.29 is 19.3 Å². The lowest BCUT2D eigenvalue weighted by molar-refractivity contribution is 0.172. The molecule has 1 rings (SSSR count). The highest BCUT2D eigenvalue weighted by Crippen LogP contribution is 2.35. The van der Waals surface area contributed by atoms with E-state index in [4.69, 9.17) is 4.74 Å². The second kappa shape index (κ2) is 4.95. The first kappa shape index (κ1) is 11.7. The maximum atomic E-state index is 13.0. The third kappa shape index (κ3) is 2.37. The average Bonchev–Trinajstić information content (AvgIpc) is 2.22. The number of methoxy groups -OCH3 is 1. The van der Waals surface area contributed by atoms with Gasteiger partial charge in [0.1, 0.15) is 0 Å². The normalized spacial score (nSPS) is 12.5. The monoisotopic (exact) mass is 215 g/mol. The first-order valence-electron chi connectivity index (χ1n) is 4.49. The zero-order valence-corrected chi connectivity index (χ0v) is 8.62. The Hall–Kier alpha value is -1.33. The molecule has 0 aromatic heterocycles. The van der Waals surface area contributed by atoms with Gasteiger partial charge in [-0.2, -0.15) is 0 Å². The van der Waals surface area contributed by atoms with Crippen LogP contribution >= 0.6 is 0 Å². The summed E-state index contributed by atoms with van der Waals surface area (Å²) in [5, 5.41) is 21.8. The molecule has 0 aliphatic carbocycles. The summed E-state index contributed by atoms with van der Waals surface area (Å²) >= 11 is 0. The number of aliphatic hydroxyl groups excluding tert-OH is 1. The summed E-state index contributed by atoms with van der Waals surface area (Å²) in [7, 11) is 2.99. The molecule has 1 aromatic carbocycles. The molecule has 4 nitrogen and oxygen atoms in total. The largest absolute Gasteiger partial charge is 0.502 e. The quantitative estimate of drug-likeness (QED) is 0.695. The van der Waals surface area contributed by atoms with Crippen LogP contribution in [-0.2, 0) is 0 Å². The number of phenols is 1. The van der Waals surface area contributed by atoms with E-state index in [0.717, 1.165) is 6.07 Å². The highest BCUT2D eigenvalue weighted by molar-refractivity contribution is 5.47. The number of nitrogens with one attached hydrogen (secondary N) is 1. The molecular weight excluding hydrogens is 201 g/mol. The number of hydrogen-bond acceptors (Lipinski definition) is 4. The molecule has 0 aliphatic rings. The molecule has 3 N–H and O–H groups in total. The molecule has 0 spiro atoms. The standard InChI is InChI=1S/C10H14FNO3/c1-12-5-8(13)6-3-4-7(11)9(14)10(6)15-2/h3-4,8,12-14H,5H2,1-2H3. The second-order valence-corrected chi connectivity index (χ2v) is 3.09. The van der Waals surface area contributed by atoms with Gasteiger partial charge in [0.15, 0.2) is 17.3 Å². The number of likely N-dealkylation sites (N-methyl/N-ethyl adjacent to an activating group) is 1. The van der Waals surface area contributed by atoms with Crippen molar-refractivity contribution in [3.63, 3.8) is 0 Å². The minimum Gasteiger partial charge on any atom is -0.502 e. The predicted molar refractivity (Wildman–Crippen MR) is 53.5 cm³/mol. The minimum atomic E-state index is -0.851. The molecule has 1 atom stereocenters. The number of phenolic OH excluding ortho intramolecular Hbond substituents is 1. The molecule has 0 saturated heterocycles. The molecule has 0 fully saturated rings. The molecule has 0 radical (unpaired) electrons. The fourth-order valence-corrected chi connectivity index (χ4v) is 1.34. The van der Waals surface area contributed by atoms with Crippen molar-refractivity contribution in [2.75, 3.05) is 20.7 Å². The SMILES string of the molecule is CNCC(O)c1ccc(F)c(O)c1OC. The maximum absolute atomic E-state index is 13.0. The fourth-order valence-electron chi connectivity index (χ4n) is 1.34. The molecular formula is C10H14FNO3. The Labute approximate surface area is 87.3 Å². The van der Waals surface area contributed by atoms with Gasteiger partial charge < -0.3 is 20.3 Å². The van der Waals surface area contributed by atoms with Gasteiger partial charge in [0.05, 0.1) is 13.2 Å². The molecule has 0 bridgehead atoms. The van der Waals surface area contributed by atoms with Crippen LogP contribution in [-0.4, -0.2) is 30.9 Å². The van der Waals surface area contributed by atoms with Crippen LogP contribution in [0.2, 0.25) is 0 Å².